The minimum atomic E-state index is -0.119. The van der Waals surface area contributed by atoms with Crippen molar-refractivity contribution < 1.29 is 4.79 Å². The van der Waals surface area contributed by atoms with Gasteiger partial charge in [-0.25, -0.2) is 0 Å². The molecule has 0 bridgehead atoms. The van der Waals surface area contributed by atoms with Crippen LogP contribution in [-0.4, -0.2) is 24.4 Å². The van der Waals surface area contributed by atoms with Crippen LogP contribution in [0.4, 0.5) is 5.69 Å². The second kappa shape index (κ2) is 5.29. The van der Waals surface area contributed by atoms with E-state index in [1.54, 1.807) is 7.05 Å². The number of anilines is 1. The molecule has 2 rings (SSSR count). The van der Waals surface area contributed by atoms with Gasteiger partial charge in [0.1, 0.15) is 4.88 Å². The first-order valence-electron chi connectivity index (χ1n) is 5.95. The van der Waals surface area contributed by atoms with Gasteiger partial charge in [-0.3, -0.25) is 4.79 Å². The van der Waals surface area contributed by atoms with Gasteiger partial charge in [0, 0.05) is 23.7 Å². The third-order valence-electron chi connectivity index (χ3n) is 2.98. The van der Waals surface area contributed by atoms with Crippen LogP contribution in [0.2, 0.25) is 0 Å². The van der Waals surface area contributed by atoms with E-state index in [0.29, 0.717) is 23.5 Å². The first kappa shape index (κ1) is 13.4. The number of nitrogens with zero attached hydrogens (tertiary/aromatic N) is 2. The molecule has 1 heterocycles. The number of aryl methyl sites for hydroxylation is 1. The lowest BCUT2D eigenvalue weighted by Crippen LogP contribution is -2.27. The van der Waals surface area contributed by atoms with Crippen LogP contribution in [0.3, 0.4) is 0 Å². The lowest BCUT2D eigenvalue weighted by molar-refractivity contribution is 0.0804. The maximum atomic E-state index is 12.3. The maximum Gasteiger partial charge on any atom is 0.265 e. The summed E-state index contributed by atoms with van der Waals surface area (Å²) in [5.41, 5.74) is 7.73. The van der Waals surface area contributed by atoms with Crippen LogP contribution in [-0.2, 0) is 0 Å². The summed E-state index contributed by atoms with van der Waals surface area (Å²) in [5, 5.41) is 9.48. The molecule has 98 valence electrons. The Kier molecular flexibility index (Phi) is 3.72. The molecule has 2 aromatic rings. The van der Waals surface area contributed by atoms with Crippen LogP contribution in [0.5, 0.6) is 0 Å². The van der Waals surface area contributed by atoms with Crippen molar-refractivity contribution in [3.05, 3.63) is 28.6 Å². The molecule has 1 amide bonds. The first-order valence-corrected chi connectivity index (χ1v) is 6.77. The molecule has 0 fully saturated rings. The second-order valence-corrected chi connectivity index (χ2v) is 5.53. The summed E-state index contributed by atoms with van der Waals surface area (Å²) in [7, 11) is 1.69. The molecule has 0 spiro atoms. The Labute approximate surface area is 116 Å². The number of thiophene rings is 1. The van der Waals surface area contributed by atoms with E-state index >= 15 is 0 Å². The van der Waals surface area contributed by atoms with Gasteiger partial charge in [-0.2, -0.15) is 5.26 Å². The summed E-state index contributed by atoms with van der Waals surface area (Å²) in [6, 6.07) is 7.99. The summed E-state index contributed by atoms with van der Waals surface area (Å²) in [6.45, 7) is 2.43. The van der Waals surface area contributed by atoms with Crippen molar-refractivity contribution in [2.24, 2.45) is 0 Å². The zero-order valence-corrected chi connectivity index (χ0v) is 11.8. The van der Waals surface area contributed by atoms with Gasteiger partial charge in [-0.05, 0) is 18.6 Å². The highest BCUT2D eigenvalue weighted by molar-refractivity contribution is 7.21. The van der Waals surface area contributed by atoms with Gasteiger partial charge in [-0.1, -0.05) is 12.1 Å². The van der Waals surface area contributed by atoms with Crippen LogP contribution < -0.4 is 5.73 Å². The van der Waals surface area contributed by atoms with Gasteiger partial charge in [0.25, 0.3) is 5.91 Å². The number of nitrogen functional groups attached to an aromatic ring is 1. The van der Waals surface area contributed by atoms with E-state index < -0.39 is 0 Å². The summed E-state index contributed by atoms with van der Waals surface area (Å²) in [6.07, 6.45) is 0.326. The summed E-state index contributed by atoms with van der Waals surface area (Å²) >= 11 is 1.41. The van der Waals surface area contributed by atoms with E-state index in [-0.39, 0.29) is 5.91 Å². The molecule has 1 aromatic heterocycles. The molecule has 0 unspecified atom stereocenters. The van der Waals surface area contributed by atoms with Gasteiger partial charge >= 0.3 is 0 Å². The third kappa shape index (κ3) is 2.54. The minimum Gasteiger partial charge on any atom is -0.397 e. The number of benzene rings is 1. The zero-order chi connectivity index (χ0) is 14.0. The lowest BCUT2D eigenvalue weighted by Gasteiger charge is -2.14. The van der Waals surface area contributed by atoms with Crippen LogP contribution in [0, 0.1) is 18.3 Å². The van der Waals surface area contributed by atoms with Crippen molar-refractivity contribution >= 4 is 33.0 Å². The fourth-order valence-electron chi connectivity index (χ4n) is 1.88. The summed E-state index contributed by atoms with van der Waals surface area (Å²) in [5.74, 6) is -0.119. The maximum absolute atomic E-state index is 12.3. The van der Waals surface area contributed by atoms with Crippen molar-refractivity contribution in [3.8, 4) is 6.07 Å². The predicted molar refractivity (Wildman–Crippen MR) is 78.2 cm³/mol. The van der Waals surface area contributed by atoms with Crippen molar-refractivity contribution in [1.29, 1.82) is 5.26 Å². The monoisotopic (exact) mass is 273 g/mol. The lowest BCUT2D eigenvalue weighted by atomic mass is 10.1. The molecule has 0 saturated carbocycles. The molecule has 0 radical (unpaired) electrons. The molecular formula is C14H15N3OS. The molecule has 0 aliphatic rings. The summed E-state index contributed by atoms with van der Waals surface area (Å²) < 4.78 is 1.02. The van der Waals surface area contributed by atoms with Crippen LogP contribution in [0.25, 0.3) is 10.1 Å². The zero-order valence-electron chi connectivity index (χ0n) is 10.9. The van der Waals surface area contributed by atoms with Crippen LogP contribution in [0.1, 0.15) is 21.7 Å². The Morgan fingerprint density at radius 2 is 2.26 bits per heavy atom. The van der Waals surface area contributed by atoms with Gasteiger partial charge in [0.15, 0.2) is 0 Å². The largest absolute Gasteiger partial charge is 0.397 e. The molecule has 1 aromatic carbocycles. The normalized spacial score (nSPS) is 10.4. The molecular weight excluding hydrogens is 258 g/mol. The van der Waals surface area contributed by atoms with Gasteiger partial charge in [0.05, 0.1) is 18.2 Å². The molecule has 5 heteroatoms. The number of hydrogen-bond acceptors (Lipinski definition) is 4. The Hall–Kier alpha value is -2.06. The standard InChI is InChI=1S/C14H15N3OS/c1-9-4-5-10-11(8-9)19-13(12(10)16)14(18)17(2)7-3-6-15/h4-5,8H,3,7,16H2,1-2H3. The molecule has 0 aliphatic heterocycles. The molecule has 19 heavy (non-hydrogen) atoms. The van der Waals surface area contributed by atoms with E-state index in [2.05, 4.69) is 0 Å². The number of rotatable bonds is 3. The average molecular weight is 273 g/mol. The van der Waals surface area contributed by atoms with Gasteiger partial charge in [0.2, 0.25) is 0 Å². The van der Waals surface area contributed by atoms with E-state index in [0.717, 1.165) is 15.6 Å². The quantitative estimate of drug-likeness (QED) is 0.934. The number of nitriles is 1. The Morgan fingerprint density at radius 1 is 1.53 bits per heavy atom. The molecule has 2 N–H and O–H groups in total. The van der Waals surface area contributed by atoms with Crippen molar-refractivity contribution in [2.45, 2.75) is 13.3 Å². The average Bonchev–Trinajstić information content (AvgIpc) is 2.71. The van der Waals surface area contributed by atoms with E-state index in [4.69, 9.17) is 11.0 Å². The number of carbonyl (C=O) groups is 1. The number of fused-ring (bicyclic) bond motifs is 1. The van der Waals surface area contributed by atoms with Crippen LogP contribution >= 0.6 is 11.3 Å². The summed E-state index contributed by atoms with van der Waals surface area (Å²) in [4.78, 5) is 14.4. The highest BCUT2D eigenvalue weighted by Crippen LogP contribution is 2.34. The van der Waals surface area contributed by atoms with E-state index in [1.165, 1.54) is 16.2 Å². The number of carbonyl (C=O) groups excluding carboxylic acids is 1. The number of hydrogen-bond donors (Lipinski definition) is 1. The van der Waals surface area contributed by atoms with Gasteiger partial charge in [-0.15, -0.1) is 11.3 Å². The highest BCUT2D eigenvalue weighted by Gasteiger charge is 2.19. The third-order valence-corrected chi connectivity index (χ3v) is 4.14. The Balaban J connectivity index is 2.37. The SMILES string of the molecule is Cc1ccc2c(N)c(C(=O)N(C)CCC#N)sc2c1. The molecule has 0 atom stereocenters. The predicted octanol–water partition coefficient (Wildman–Crippen LogP) is 2.78. The van der Waals surface area contributed by atoms with Crippen molar-refractivity contribution in [1.82, 2.24) is 4.90 Å². The minimum absolute atomic E-state index is 0.119. The molecule has 4 nitrogen and oxygen atoms in total. The van der Waals surface area contributed by atoms with Crippen LogP contribution in [0.15, 0.2) is 18.2 Å². The van der Waals surface area contributed by atoms with Crippen molar-refractivity contribution in [3.63, 3.8) is 0 Å². The smallest absolute Gasteiger partial charge is 0.265 e. The number of amides is 1. The highest BCUT2D eigenvalue weighted by atomic mass is 32.1. The van der Waals surface area contributed by atoms with Crippen molar-refractivity contribution in [2.75, 3.05) is 19.3 Å². The second-order valence-electron chi connectivity index (χ2n) is 4.48. The fraction of sp³-hybridized carbons (Fsp3) is 0.286. The van der Waals surface area contributed by atoms with E-state index in [1.807, 2.05) is 31.2 Å². The first-order chi connectivity index (χ1) is 9.04. The van der Waals surface area contributed by atoms with E-state index in [9.17, 15) is 4.79 Å². The van der Waals surface area contributed by atoms with Gasteiger partial charge < -0.3 is 10.6 Å². The molecule has 0 saturated heterocycles. The number of nitrogens with two attached hydrogens (primary N) is 1. The fourth-order valence-corrected chi connectivity index (χ4v) is 3.09. The topological polar surface area (TPSA) is 70.1 Å². The molecule has 0 aliphatic carbocycles. The Bertz CT molecular complexity index is 669. The Morgan fingerprint density at radius 3 is 2.95 bits per heavy atom.